The summed E-state index contributed by atoms with van der Waals surface area (Å²) in [5, 5.41) is 0. The Morgan fingerprint density at radius 2 is 1.93 bits per heavy atom. The van der Waals surface area contributed by atoms with E-state index in [-0.39, 0.29) is 12.1 Å². The van der Waals surface area contributed by atoms with Crippen LogP contribution in [0.25, 0.3) is 0 Å². The fourth-order valence-corrected chi connectivity index (χ4v) is 3.63. The number of hydrogen-bond donors (Lipinski definition) is 0. The lowest BCUT2D eigenvalue weighted by Gasteiger charge is -2.48. The van der Waals surface area contributed by atoms with E-state index in [0.29, 0.717) is 11.3 Å². The van der Waals surface area contributed by atoms with Crippen LogP contribution in [0.5, 0.6) is 0 Å². The predicted molar refractivity (Wildman–Crippen MR) is 59.5 cm³/mol. The normalized spacial score (nSPS) is 40.7. The lowest BCUT2D eigenvalue weighted by Crippen LogP contribution is -2.44. The van der Waals surface area contributed by atoms with Gasteiger partial charge in [0, 0.05) is 12.8 Å². The Balaban J connectivity index is 2.08. The molecule has 2 fully saturated rings. The number of carbonyl (C=O) groups excluding carboxylic acids is 1. The van der Waals surface area contributed by atoms with Crippen molar-refractivity contribution in [1.82, 2.24) is 0 Å². The Bertz CT molecular complexity index is 245. The van der Waals surface area contributed by atoms with E-state index in [1.54, 1.807) is 0 Å². The van der Waals surface area contributed by atoms with E-state index in [4.69, 9.17) is 4.74 Å². The topological polar surface area (TPSA) is 26.3 Å². The van der Waals surface area contributed by atoms with Crippen LogP contribution >= 0.6 is 0 Å². The van der Waals surface area contributed by atoms with Crippen molar-refractivity contribution in [3.05, 3.63) is 0 Å². The van der Waals surface area contributed by atoms with Gasteiger partial charge in [-0.15, -0.1) is 0 Å². The zero-order valence-electron chi connectivity index (χ0n) is 9.92. The molecule has 0 spiro atoms. The van der Waals surface area contributed by atoms with Crippen LogP contribution in [0.3, 0.4) is 0 Å². The molecule has 3 atom stereocenters. The molecule has 2 aliphatic rings. The van der Waals surface area contributed by atoms with Crippen molar-refractivity contribution in [2.45, 2.75) is 64.9 Å². The van der Waals surface area contributed by atoms with Crippen LogP contribution in [-0.4, -0.2) is 12.1 Å². The number of carbonyl (C=O) groups is 1. The molecule has 0 unspecified atom stereocenters. The molecule has 2 saturated carbocycles. The van der Waals surface area contributed by atoms with Crippen molar-refractivity contribution in [2.75, 3.05) is 0 Å². The monoisotopic (exact) mass is 210 g/mol. The maximum atomic E-state index is 11.1. The van der Waals surface area contributed by atoms with Crippen molar-refractivity contribution in [3.8, 4) is 0 Å². The molecule has 15 heavy (non-hydrogen) atoms. The summed E-state index contributed by atoms with van der Waals surface area (Å²) in [6, 6.07) is 0. The van der Waals surface area contributed by atoms with E-state index in [2.05, 4.69) is 6.92 Å². The summed E-state index contributed by atoms with van der Waals surface area (Å²) in [6.45, 7) is 3.93. The SMILES string of the molecule is CC(=O)O[C@@H]1CCC[C@@]2(C)CCCC[C@H]12. The molecule has 86 valence electrons. The molecule has 0 aliphatic heterocycles. The van der Waals surface area contributed by atoms with Gasteiger partial charge in [-0.25, -0.2) is 0 Å². The van der Waals surface area contributed by atoms with Gasteiger partial charge in [-0.05, 0) is 37.5 Å². The standard InChI is InChI=1S/C13H22O2/c1-10(14)15-12-7-5-9-13(2)8-4-3-6-11(12)13/h11-12H,3-9H2,1-2H3/t11-,12-,13-/m1/s1. The van der Waals surface area contributed by atoms with Gasteiger partial charge in [0.1, 0.15) is 6.10 Å². The van der Waals surface area contributed by atoms with E-state index < -0.39 is 0 Å². The summed E-state index contributed by atoms with van der Waals surface area (Å²) in [5.41, 5.74) is 0.455. The number of esters is 1. The van der Waals surface area contributed by atoms with Crippen LogP contribution in [0.1, 0.15) is 58.8 Å². The number of ether oxygens (including phenoxy) is 1. The highest BCUT2D eigenvalue weighted by Gasteiger charge is 2.44. The average molecular weight is 210 g/mol. The third-order valence-electron chi connectivity index (χ3n) is 4.41. The highest BCUT2D eigenvalue weighted by atomic mass is 16.5. The van der Waals surface area contributed by atoms with Crippen LogP contribution < -0.4 is 0 Å². The molecular weight excluding hydrogens is 188 g/mol. The summed E-state index contributed by atoms with van der Waals surface area (Å²) in [5.74, 6) is 0.527. The lowest BCUT2D eigenvalue weighted by molar-refractivity contribution is -0.157. The smallest absolute Gasteiger partial charge is 0.302 e. The first-order chi connectivity index (χ1) is 7.12. The molecule has 0 saturated heterocycles. The largest absolute Gasteiger partial charge is 0.462 e. The second kappa shape index (κ2) is 4.15. The van der Waals surface area contributed by atoms with E-state index in [1.807, 2.05) is 0 Å². The first-order valence-corrected chi connectivity index (χ1v) is 6.29. The summed E-state index contributed by atoms with van der Waals surface area (Å²) in [7, 11) is 0. The van der Waals surface area contributed by atoms with E-state index in [0.717, 1.165) is 6.42 Å². The average Bonchev–Trinajstić information content (AvgIpc) is 2.16. The van der Waals surface area contributed by atoms with Crippen molar-refractivity contribution < 1.29 is 9.53 Å². The molecule has 0 aromatic rings. The summed E-state index contributed by atoms with van der Waals surface area (Å²) < 4.78 is 5.49. The summed E-state index contributed by atoms with van der Waals surface area (Å²) in [6.07, 6.45) is 9.11. The number of rotatable bonds is 1. The molecule has 0 heterocycles. The van der Waals surface area contributed by atoms with Crippen LogP contribution in [0, 0.1) is 11.3 Å². The second-order valence-corrected chi connectivity index (χ2v) is 5.55. The minimum absolute atomic E-state index is 0.102. The zero-order valence-corrected chi connectivity index (χ0v) is 9.92. The molecule has 2 rings (SSSR count). The van der Waals surface area contributed by atoms with Crippen molar-refractivity contribution in [2.24, 2.45) is 11.3 Å². The third kappa shape index (κ3) is 2.19. The maximum Gasteiger partial charge on any atom is 0.302 e. The number of fused-ring (bicyclic) bond motifs is 1. The molecule has 0 amide bonds. The quantitative estimate of drug-likeness (QED) is 0.621. The summed E-state index contributed by atoms with van der Waals surface area (Å²) in [4.78, 5) is 11.1. The Morgan fingerprint density at radius 3 is 2.67 bits per heavy atom. The van der Waals surface area contributed by atoms with E-state index in [1.165, 1.54) is 45.4 Å². The molecular formula is C13H22O2. The molecule has 2 aliphatic carbocycles. The minimum Gasteiger partial charge on any atom is -0.462 e. The van der Waals surface area contributed by atoms with E-state index >= 15 is 0 Å². The van der Waals surface area contributed by atoms with Gasteiger partial charge in [0.25, 0.3) is 0 Å². The molecule has 0 N–H and O–H groups in total. The Kier molecular flexibility index (Phi) is 3.03. The van der Waals surface area contributed by atoms with Gasteiger partial charge in [0.15, 0.2) is 0 Å². The Hall–Kier alpha value is -0.530. The molecule has 0 radical (unpaired) electrons. The number of hydrogen-bond acceptors (Lipinski definition) is 2. The maximum absolute atomic E-state index is 11.1. The van der Waals surface area contributed by atoms with Crippen LogP contribution in [0.4, 0.5) is 0 Å². The lowest BCUT2D eigenvalue weighted by atomic mass is 9.59. The highest BCUT2D eigenvalue weighted by Crippen LogP contribution is 2.50. The Morgan fingerprint density at radius 1 is 1.20 bits per heavy atom. The van der Waals surface area contributed by atoms with Crippen LogP contribution in [-0.2, 0) is 9.53 Å². The van der Waals surface area contributed by atoms with Gasteiger partial charge in [-0.2, -0.15) is 0 Å². The zero-order chi connectivity index (χ0) is 10.9. The van der Waals surface area contributed by atoms with Gasteiger partial charge in [0.2, 0.25) is 0 Å². The van der Waals surface area contributed by atoms with Gasteiger partial charge in [0.05, 0.1) is 0 Å². The fourth-order valence-electron chi connectivity index (χ4n) is 3.63. The van der Waals surface area contributed by atoms with Crippen molar-refractivity contribution in [1.29, 1.82) is 0 Å². The molecule has 2 heteroatoms. The van der Waals surface area contributed by atoms with Gasteiger partial charge in [-0.1, -0.05) is 19.8 Å². The molecule has 2 nitrogen and oxygen atoms in total. The van der Waals surface area contributed by atoms with Crippen LogP contribution in [0.15, 0.2) is 0 Å². The molecule has 0 aromatic carbocycles. The first kappa shape index (κ1) is 11.0. The Labute approximate surface area is 92.4 Å². The van der Waals surface area contributed by atoms with Crippen molar-refractivity contribution >= 4 is 5.97 Å². The van der Waals surface area contributed by atoms with Gasteiger partial charge >= 0.3 is 5.97 Å². The predicted octanol–water partition coefficient (Wildman–Crippen LogP) is 3.30. The van der Waals surface area contributed by atoms with E-state index in [9.17, 15) is 4.79 Å². The van der Waals surface area contributed by atoms with Crippen LogP contribution in [0.2, 0.25) is 0 Å². The first-order valence-electron chi connectivity index (χ1n) is 6.29. The van der Waals surface area contributed by atoms with Crippen molar-refractivity contribution in [3.63, 3.8) is 0 Å². The van der Waals surface area contributed by atoms with Gasteiger partial charge < -0.3 is 4.74 Å². The second-order valence-electron chi connectivity index (χ2n) is 5.55. The minimum atomic E-state index is -0.102. The van der Waals surface area contributed by atoms with Gasteiger partial charge in [-0.3, -0.25) is 4.79 Å². The molecule has 0 aromatic heterocycles. The third-order valence-corrected chi connectivity index (χ3v) is 4.41. The highest BCUT2D eigenvalue weighted by molar-refractivity contribution is 5.66. The fraction of sp³-hybridized carbons (Fsp3) is 0.923. The summed E-state index contributed by atoms with van der Waals surface area (Å²) >= 11 is 0. The molecule has 0 bridgehead atoms.